The number of morpholine rings is 1. The molecular formula is C21H34FIN4O2. The van der Waals surface area contributed by atoms with E-state index in [1.165, 1.54) is 25.0 Å². The van der Waals surface area contributed by atoms with Gasteiger partial charge in [0, 0.05) is 39.8 Å². The second-order valence-electron chi connectivity index (χ2n) is 7.64. The van der Waals surface area contributed by atoms with Crippen molar-refractivity contribution >= 4 is 29.9 Å². The Labute approximate surface area is 190 Å². The summed E-state index contributed by atoms with van der Waals surface area (Å²) < 4.78 is 24.6. The highest BCUT2D eigenvalue weighted by molar-refractivity contribution is 14.0. The fraction of sp³-hybridized carbons (Fsp3) is 0.667. The second-order valence-corrected chi connectivity index (χ2v) is 7.64. The van der Waals surface area contributed by atoms with E-state index >= 15 is 0 Å². The van der Waals surface area contributed by atoms with Gasteiger partial charge in [-0.05, 0) is 44.0 Å². The number of aliphatic imine (C=N–C) groups is 1. The number of ether oxygens (including phenoxy) is 2. The maximum absolute atomic E-state index is 13.3. The van der Waals surface area contributed by atoms with Gasteiger partial charge in [0.15, 0.2) is 5.96 Å². The Morgan fingerprint density at radius 3 is 2.76 bits per heavy atom. The molecule has 1 N–H and O–H groups in total. The Hall–Kier alpha value is -0.970. The molecule has 6 nitrogen and oxygen atoms in total. The maximum Gasteiger partial charge on any atom is 0.193 e. The van der Waals surface area contributed by atoms with Crippen LogP contribution < -0.4 is 5.32 Å². The van der Waals surface area contributed by atoms with E-state index in [1.54, 1.807) is 19.2 Å². The molecule has 8 heteroatoms. The number of nitrogens with zero attached hydrogens (tertiary/aromatic N) is 3. The Morgan fingerprint density at radius 1 is 1.31 bits per heavy atom. The topological polar surface area (TPSA) is 49.3 Å². The molecule has 3 unspecified atom stereocenters. The third-order valence-corrected chi connectivity index (χ3v) is 5.59. The van der Waals surface area contributed by atoms with Gasteiger partial charge >= 0.3 is 0 Å². The molecule has 1 aromatic carbocycles. The summed E-state index contributed by atoms with van der Waals surface area (Å²) in [6.45, 7) is 7.32. The SMILES string of the molecule is CN=C(NCC1CCCN1CCOC)N1CC(C)OC(c2ccc(F)cc2)C1.I. The summed E-state index contributed by atoms with van der Waals surface area (Å²) in [6.07, 6.45) is 2.42. The van der Waals surface area contributed by atoms with Crippen LogP contribution in [0.5, 0.6) is 0 Å². The van der Waals surface area contributed by atoms with Gasteiger partial charge in [0.25, 0.3) is 0 Å². The van der Waals surface area contributed by atoms with Crippen molar-refractivity contribution in [1.82, 2.24) is 15.1 Å². The molecule has 2 aliphatic heterocycles. The predicted molar refractivity (Wildman–Crippen MR) is 125 cm³/mol. The Kier molecular flexibility index (Phi) is 10.1. The summed E-state index contributed by atoms with van der Waals surface area (Å²) in [6, 6.07) is 7.10. The molecule has 0 bridgehead atoms. The normalized spacial score (nSPS) is 25.7. The number of benzene rings is 1. The molecule has 1 aromatic rings. The molecule has 2 aliphatic rings. The summed E-state index contributed by atoms with van der Waals surface area (Å²) >= 11 is 0. The number of likely N-dealkylation sites (tertiary alicyclic amines) is 1. The fourth-order valence-electron chi connectivity index (χ4n) is 4.16. The van der Waals surface area contributed by atoms with E-state index in [-0.39, 0.29) is 42.0 Å². The van der Waals surface area contributed by atoms with Crippen molar-refractivity contribution < 1.29 is 13.9 Å². The van der Waals surface area contributed by atoms with Crippen molar-refractivity contribution in [2.24, 2.45) is 4.99 Å². The highest BCUT2D eigenvalue weighted by atomic mass is 127. The molecule has 2 fully saturated rings. The molecule has 0 amide bonds. The zero-order chi connectivity index (χ0) is 19.9. The van der Waals surface area contributed by atoms with Crippen molar-refractivity contribution in [2.75, 3.05) is 53.5 Å². The first-order valence-corrected chi connectivity index (χ1v) is 10.2. The average molecular weight is 520 g/mol. The average Bonchev–Trinajstić information content (AvgIpc) is 3.14. The minimum absolute atomic E-state index is 0. The van der Waals surface area contributed by atoms with Gasteiger partial charge in [-0.1, -0.05) is 12.1 Å². The zero-order valence-corrected chi connectivity index (χ0v) is 20.0. The lowest BCUT2D eigenvalue weighted by molar-refractivity contribution is -0.0605. The number of nitrogens with one attached hydrogen (secondary N) is 1. The molecule has 0 saturated carbocycles. The van der Waals surface area contributed by atoms with Crippen LogP contribution in [-0.4, -0.2) is 81.4 Å². The van der Waals surface area contributed by atoms with Crippen LogP contribution in [0.2, 0.25) is 0 Å². The van der Waals surface area contributed by atoms with E-state index in [1.807, 2.05) is 7.05 Å². The van der Waals surface area contributed by atoms with Crippen molar-refractivity contribution in [3.63, 3.8) is 0 Å². The fourth-order valence-corrected chi connectivity index (χ4v) is 4.16. The van der Waals surface area contributed by atoms with E-state index in [9.17, 15) is 4.39 Å². The molecule has 2 heterocycles. The molecule has 2 saturated heterocycles. The number of halogens is 2. The predicted octanol–water partition coefficient (Wildman–Crippen LogP) is 2.89. The monoisotopic (exact) mass is 520 g/mol. The van der Waals surface area contributed by atoms with Crippen LogP contribution >= 0.6 is 24.0 Å². The lowest BCUT2D eigenvalue weighted by Gasteiger charge is -2.39. The molecule has 164 valence electrons. The Bertz CT molecular complexity index is 646. The number of hydrogen-bond donors (Lipinski definition) is 1. The van der Waals surface area contributed by atoms with Crippen LogP contribution in [0.4, 0.5) is 4.39 Å². The first kappa shape index (κ1) is 24.3. The lowest BCUT2D eigenvalue weighted by atomic mass is 10.1. The number of rotatable bonds is 6. The molecule has 0 radical (unpaired) electrons. The van der Waals surface area contributed by atoms with Crippen LogP contribution in [0.15, 0.2) is 29.3 Å². The van der Waals surface area contributed by atoms with E-state index < -0.39 is 0 Å². The van der Waals surface area contributed by atoms with Gasteiger partial charge < -0.3 is 19.7 Å². The quantitative estimate of drug-likeness (QED) is 0.355. The molecule has 3 rings (SSSR count). The van der Waals surface area contributed by atoms with Crippen LogP contribution in [0, 0.1) is 5.82 Å². The molecular weight excluding hydrogens is 486 g/mol. The minimum atomic E-state index is -0.225. The summed E-state index contributed by atoms with van der Waals surface area (Å²) in [4.78, 5) is 9.25. The highest BCUT2D eigenvalue weighted by Crippen LogP contribution is 2.25. The van der Waals surface area contributed by atoms with E-state index in [0.29, 0.717) is 12.6 Å². The standard InChI is InChI=1S/C21H33FN4O2.HI/c1-16-14-26(15-20(28-16)17-6-8-18(22)9-7-17)21(23-2)24-13-19-5-4-10-25(19)11-12-27-3;/h6-9,16,19-20H,4-5,10-15H2,1-3H3,(H,23,24);1H. The third kappa shape index (κ3) is 6.77. The summed E-state index contributed by atoms with van der Waals surface area (Å²) in [5.74, 6) is 0.678. The van der Waals surface area contributed by atoms with Gasteiger partial charge in [0.05, 0.1) is 19.3 Å². The largest absolute Gasteiger partial charge is 0.383 e. The van der Waals surface area contributed by atoms with E-state index in [4.69, 9.17) is 9.47 Å². The molecule has 0 aliphatic carbocycles. The molecule has 29 heavy (non-hydrogen) atoms. The lowest BCUT2D eigenvalue weighted by Crippen LogP contribution is -2.52. The van der Waals surface area contributed by atoms with Gasteiger partial charge in [0.1, 0.15) is 11.9 Å². The van der Waals surface area contributed by atoms with Gasteiger partial charge in [-0.25, -0.2) is 4.39 Å². The third-order valence-electron chi connectivity index (χ3n) is 5.59. The highest BCUT2D eigenvalue weighted by Gasteiger charge is 2.29. The second kappa shape index (κ2) is 12.0. The molecule has 0 aromatic heterocycles. The van der Waals surface area contributed by atoms with E-state index in [2.05, 4.69) is 27.0 Å². The molecule has 3 atom stereocenters. The summed E-state index contributed by atoms with van der Waals surface area (Å²) in [5.41, 5.74) is 0.995. The van der Waals surface area contributed by atoms with Crippen LogP contribution in [-0.2, 0) is 9.47 Å². The maximum atomic E-state index is 13.3. The van der Waals surface area contributed by atoms with Gasteiger partial charge in [0.2, 0.25) is 0 Å². The zero-order valence-electron chi connectivity index (χ0n) is 17.6. The number of guanidine groups is 1. The number of hydrogen-bond acceptors (Lipinski definition) is 4. The first-order valence-electron chi connectivity index (χ1n) is 10.2. The van der Waals surface area contributed by atoms with Crippen LogP contribution in [0.25, 0.3) is 0 Å². The minimum Gasteiger partial charge on any atom is -0.383 e. The number of methoxy groups -OCH3 is 1. The van der Waals surface area contributed by atoms with Crippen molar-refractivity contribution in [2.45, 2.75) is 38.0 Å². The van der Waals surface area contributed by atoms with Crippen molar-refractivity contribution in [3.05, 3.63) is 35.6 Å². The van der Waals surface area contributed by atoms with Crippen molar-refractivity contribution in [3.8, 4) is 0 Å². The van der Waals surface area contributed by atoms with Crippen LogP contribution in [0.3, 0.4) is 0 Å². The Balaban J connectivity index is 0.00000300. The van der Waals surface area contributed by atoms with Gasteiger partial charge in [-0.15, -0.1) is 24.0 Å². The van der Waals surface area contributed by atoms with Crippen molar-refractivity contribution in [1.29, 1.82) is 0 Å². The smallest absolute Gasteiger partial charge is 0.193 e. The van der Waals surface area contributed by atoms with Gasteiger partial charge in [-0.3, -0.25) is 9.89 Å². The molecule has 0 spiro atoms. The van der Waals surface area contributed by atoms with Crippen LogP contribution in [0.1, 0.15) is 31.4 Å². The Morgan fingerprint density at radius 2 is 2.07 bits per heavy atom. The summed E-state index contributed by atoms with van der Waals surface area (Å²) in [5, 5.41) is 3.57. The first-order chi connectivity index (χ1) is 13.6. The summed E-state index contributed by atoms with van der Waals surface area (Å²) in [7, 11) is 3.58. The van der Waals surface area contributed by atoms with E-state index in [0.717, 1.165) is 44.3 Å². The van der Waals surface area contributed by atoms with Gasteiger partial charge in [-0.2, -0.15) is 0 Å².